The first-order valence-electron chi connectivity index (χ1n) is 7.52. The number of nitrogens with one attached hydrogen (secondary N) is 1. The van der Waals surface area contributed by atoms with Crippen molar-refractivity contribution in [1.29, 1.82) is 0 Å². The van der Waals surface area contributed by atoms with Crippen LogP contribution in [0.5, 0.6) is 5.75 Å². The van der Waals surface area contributed by atoms with Gasteiger partial charge in [-0.15, -0.1) is 0 Å². The van der Waals surface area contributed by atoms with E-state index in [4.69, 9.17) is 9.47 Å². The van der Waals surface area contributed by atoms with Gasteiger partial charge in [0.2, 0.25) is 0 Å². The Bertz CT molecular complexity index is 582. The molecule has 0 radical (unpaired) electrons. The Kier molecular flexibility index (Phi) is 5.59. The number of rotatable bonds is 7. The van der Waals surface area contributed by atoms with Crippen LogP contribution < -0.4 is 10.1 Å². The Labute approximate surface area is 127 Å². The molecule has 0 aliphatic rings. The van der Waals surface area contributed by atoms with Crippen molar-refractivity contribution in [1.82, 2.24) is 5.32 Å². The molecule has 2 unspecified atom stereocenters. The summed E-state index contributed by atoms with van der Waals surface area (Å²) in [6, 6.07) is 12.9. The quantitative estimate of drug-likeness (QED) is 0.837. The highest BCUT2D eigenvalue weighted by Gasteiger charge is 2.16. The minimum atomic E-state index is 0.124. The average molecular weight is 287 g/mol. The molecule has 2 rings (SSSR count). The SMILES string of the molecule is CNC(C)c1ccc2ccccc2c1OC(C)CCOC. The zero-order chi connectivity index (χ0) is 15.2. The van der Waals surface area contributed by atoms with Crippen LogP contribution in [0.25, 0.3) is 10.8 Å². The van der Waals surface area contributed by atoms with E-state index in [2.05, 4.69) is 55.6 Å². The normalized spacial score (nSPS) is 14.1. The second kappa shape index (κ2) is 7.43. The Morgan fingerprint density at radius 2 is 1.86 bits per heavy atom. The lowest BCUT2D eigenvalue weighted by atomic mass is 10.0. The lowest BCUT2D eigenvalue weighted by Gasteiger charge is -2.22. The maximum absolute atomic E-state index is 6.26. The average Bonchev–Trinajstić information content (AvgIpc) is 2.52. The molecule has 0 amide bonds. The van der Waals surface area contributed by atoms with Crippen molar-refractivity contribution in [3.8, 4) is 5.75 Å². The Hall–Kier alpha value is -1.58. The highest BCUT2D eigenvalue weighted by molar-refractivity contribution is 5.89. The molecular weight excluding hydrogens is 262 g/mol. The van der Waals surface area contributed by atoms with E-state index in [0.717, 1.165) is 12.2 Å². The topological polar surface area (TPSA) is 30.5 Å². The number of ether oxygens (including phenoxy) is 2. The largest absolute Gasteiger partial charge is 0.490 e. The zero-order valence-corrected chi connectivity index (χ0v) is 13.3. The molecule has 0 saturated heterocycles. The molecule has 0 aromatic heterocycles. The van der Waals surface area contributed by atoms with Crippen LogP contribution in [0.2, 0.25) is 0 Å². The smallest absolute Gasteiger partial charge is 0.132 e. The summed E-state index contributed by atoms with van der Waals surface area (Å²) in [6.07, 6.45) is 1.01. The first-order valence-corrected chi connectivity index (χ1v) is 7.52. The summed E-state index contributed by atoms with van der Waals surface area (Å²) in [6.45, 7) is 4.95. The van der Waals surface area contributed by atoms with E-state index in [1.165, 1.54) is 16.3 Å². The first kappa shape index (κ1) is 15.8. The molecule has 3 nitrogen and oxygen atoms in total. The lowest BCUT2D eigenvalue weighted by molar-refractivity contribution is 0.135. The predicted molar refractivity (Wildman–Crippen MR) is 88.0 cm³/mol. The van der Waals surface area contributed by atoms with Crippen LogP contribution in [0.15, 0.2) is 36.4 Å². The van der Waals surface area contributed by atoms with Gasteiger partial charge in [0.15, 0.2) is 0 Å². The highest BCUT2D eigenvalue weighted by atomic mass is 16.5. The van der Waals surface area contributed by atoms with Crippen LogP contribution in [-0.4, -0.2) is 26.9 Å². The van der Waals surface area contributed by atoms with E-state index in [1.54, 1.807) is 7.11 Å². The second-order valence-corrected chi connectivity index (χ2v) is 5.43. The van der Waals surface area contributed by atoms with Gasteiger partial charge in [-0.2, -0.15) is 0 Å². The van der Waals surface area contributed by atoms with Crippen molar-refractivity contribution in [2.45, 2.75) is 32.4 Å². The molecule has 3 heteroatoms. The summed E-state index contributed by atoms with van der Waals surface area (Å²) in [7, 11) is 3.69. The maximum Gasteiger partial charge on any atom is 0.132 e. The fourth-order valence-electron chi connectivity index (χ4n) is 2.43. The van der Waals surface area contributed by atoms with Crippen molar-refractivity contribution in [3.05, 3.63) is 42.0 Å². The molecule has 0 aliphatic heterocycles. The predicted octanol–water partition coefficient (Wildman–Crippen LogP) is 3.92. The number of fused-ring (bicyclic) bond motifs is 1. The van der Waals surface area contributed by atoms with Gasteiger partial charge < -0.3 is 14.8 Å². The van der Waals surface area contributed by atoms with Crippen molar-refractivity contribution >= 4 is 10.8 Å². The van der Waals surface area contributed by atoms with Crippen LogP contribution in [0, 0.1) is 0 Å². The third-order valence-corrected chi connectivity index (χ3v) is 3.86. The van der Waals surface area contributed by atoms with Crippen LogP contribution in [0.1, 0.15) is 31.9 Å². The van der Waals surface area contributed by atoms with E-state index in [-0.39, 0.29) is 12.1 Å². The van der Waals surface area contributed by atoms with E-state index in [9.17, 15) is 0 Å². The van der Waals surface area contributed by atoms with Gasteiger partial charge in [-0.3, -0.25) is 0 Å². The summed E-state index contributed by atoms with van der Waals surface area (Å²) in [5.74, 6) is 0.985. The summed E-state index contributed by atoms with van der Waals surface area (Å²) in [5, 5.41) is 5.67. The molecule has 0 heterocycles. The van der Waals surface area contributed by atoms with Crippen molar-refractivity contribution in [3.63, 3.8) is 0 Å². The molecule has 0 bridgehead atoms. The molecule has 2 aromatic rings. The Morgan fingerprint density at radius 3 is 2.57 bits per heavy atom. The van der Waals surface area contributed by atoms with Gasteiger partial charge in [0.05, 0.1) is 6.10 Å². The molecular formula is C18H25NO2. The van der Waals surface area contributed by atoms with Crippen LogP contribution in [0.4, 0.5) is 0 Å². The van der Waals surface area contributed by atoms with Gasteiger partial charge in [0.1, 0.15) is 5.75 Å². The highest BCUT2D eigenvalue weighted by Crippen LogP contribution is 2.34. The molecule has 2 aromatic carbocycles. The molecule has 0 fully saturated rings. The van der Waals surface area contributed by atoms with Crippen LogP contribution in [0.3, 0.4) is 0 Å². The van der Waals surface area contributed by atoms with E-state index in [1.807, 2.05) is 7.05 Å². The lowest BCUT2D eigenvalue weighted by Crippen LogP contribution is -2.18. The van der Waals surface area contributed by atoms with Crippen molar-refractivity contribution in [2.75, 3.05) is 20.8 Å². The molecule has 0 saturated carbocycles. The summed E-state index contributed by atoms with van der Waals surface area (Å²) in [4.78, 5) is 0. The van der Waals surface area contributed by atoms with E-state index >= 15 is 0 Å². The first-order chi connectivity index (χ1) is 10.2. The molecule has 114 valence electrons. The van der Waals surface area contributed by atoms with Crippen LogP contribution >= 0.6 is 0 Å². The van der Waals surface area contributed by atoms with Crippen molar-refractivity contribution in [2.24, 2.45) is 0 Å². The van der Waals surface area contributed by atoms with Gasteiger partial charge in [-0.05, 0) is 26.3 Å². The van der Waals surface area contributed by atoms with Gasteiger partial charge in [-0.25, -0.2) is 0 Å². The number of methoxy groups -OCH3 is 1. The molecule has 0 spiro atoms. The monoisotopic (exact) mass is 287 g/mol. The fraction of sp³-hybridized carbons (Fsp3) is 0.444. The second-order valence-electron chi connectivity index (χ2n) is 5.43. The number of benzene rings is 2. The molecule has 21 heavy (non-hydrogen) atoms. The Balaban J connectivity index is 2.40. The zero-order valence-electron chi connectivity index (χ0n) is 13.3. The maximum atomic E-state index is 6.26. The number of hydrogen-bond acceptors (Lipinski definition) is 3. The van der Waals surface area contributed by atoms with E-state index in [0.29, 0.717) is 6.61 Å². The molecule has 0 aliphatic carbocycles. The third-order valence-electron chi connectivity index (χ3n) is 3.86. The minimum absolute atomic E-state index is 0.124. The summed E-state index contributed by atoms with van der Waals surface area (Å²) < 4.78 is 11.4. The van der Waals surface area contributed by atoms with Gasteiger partial charge in [0.25, 0.3) is 0 Å². The van der Waals surface area contributed by atoms with Gasteiger partial charge in [-0.1, -0.05) is 36.4 Å². The number of hydrogen-bond donors (Lipinski definition) is 1. The van der Waals surface area contributed by atoms with Crippen molar-refractivity contribution < 1.29 is 9.47 Å². The van der Waals surface area contributed by atoms with Gasteiger partial charge >= 0.3 is 0 Å². The molecule has 2 atom stereocenters. The molecule has 1 N–H and O–H groups in total. The summed E-state index contributed by atoms with van der Waals surface area (Å²) >= 11 is 0. The third kappa shape index (κ3) is 3.74. The fourth-order valence-corrected chi connectivity index (χ4v) is 2.43. The summed E-state index contributed by atoms with van der Waals surface area (Å²) in [5.41, 5.74) is 1.19. The minimum Gasteiger partial charge on any atom is -0.490 e. The van der Waals surface area contributed by atoms with Crippen LogP contribution in [-0.2, 0) is 4.74 Å². The Morgan fingerprint density at radius 1 is 1.10 bits per heavy atom. The standard InChI is InChI=1S/C18H25NO2/c1-13(11-12-20-4)21-18-16(14(2)19-3)10-9-15-7-5-6-8-17(15)18/h5-10,13-14,19H,11-12H2,1-4H3. The van der Waals surface area contributed by atoms with E-state index < -0.39 is 0 Å². The van der Waals surface area contributed by atoms with Gasteiger partial charge in [0, 0.05) is 37.1 Å².